The smallest absolute Gasteiger partial charge is 0.137 e. The van der Waals surface area contributed by atoms with Crippen molar-refractivity contribution in [1.82, 2.24) is 29.6 Å². The second-order valence-corrected chi connectivity index (χ2v) is 6.13. The number of benzene rings is 1. The maximum Gasteiger partial charge on any atom is 0.137 e. The second kappa shape index (κ2) is 7.76. The van der Waals surface area contributed by atoms with Gasteiger partial charge in [0, 0.05) is 43.4 Å². The fraction of sp³-hybridized carbons (Fsp3) is 0.150. The number of rotatable bonds is 7. The molecule has 4 rings (SSSR count). The van der Waals surface area contributed by atoms with Crippen molar-refractivity contribution in [2.24, 2.45) is 0 Å². The minimum Gasteiger partial charge on any atom is -0.308 e. The standard InChI is InChI=1S/C20H20N6/c1-2-4-17(5-3-1)14-26-15-19(13-24-26)11-22-10-18-6-7-20(23-12-18)25-9-8-21-16-25/h1-9,12-13,15-16,22H,10-11,14H2. The first-order chi connectivity index (χ1) is 12.9. The molecule has 1 aromatic carbocycles. The van der Waals surface area contributed by atoms with E-state index in [9.17, 15) is 0 Å². The van der Waals surface area contributed by atoms with Crippen molar-refractivity contribution in [2.45, 2.75) is 19.6 Å². The fourth-order valence-electron chi connectivity index (χ4n) is 2.77. The van der Waals surface area contributed by atoms with Gasteiger partial charge in [-0.3, -0.25) is 9.25 Å². The number of nitrogens with one attached hydrogen (secondary N) is 1. The van der Waals surface area contributed by atoms with Crippen LogP contribution in [0.3, 0.4) is 0 Å². The number of nitrogens with zero attached hydrogens (tertiary/aromatic N) is 5. The third-order valence-corrected chi connectivity index (χ3v) is 4.11. The largest absolute Gasteiger partial charge is 0.308 e. The van der Waals surface area contributed by atoms with Gasteiger partial charge < -0.3 is 5.32 Å². The highest BCUT2D eigenvalue weighted by Gasteiger charge is 2.01. The molecule has 0 saturated heterocycles. The van der Waals surface area contributed by atoms with Gasteiger partial charge in [-0.05, 0) is 17.2 Å². The Balaban J connectivity index is 1.28. The second-order valence-electron chi connectivity index (χ2n) is 6.13. The van der Waals surface area contributed by atoms with E-state index in [1.807, 2.05) is 52.1 Å². The molecule has 0 aliphatic rings. The van der Waals surface area contributed by atoms with Crippen molar-refractivity contribution in [3.05, 3.63) is 96.5 Å². The molecule has 0 fully saturated rings. The van der Waals surface area contributed by atoms with Crippen molar-refractivity contribution < 1.29 is 0 Å². The molecule has 0 spiro atoms. The van der Waals surface area contributed by atoms with E-state index in [0.29, 0.717) is 0 Å². The van der Waals surface area contributed by atoms with Crippen LogP contribution in [0.15, 0.2) is 79.8 Å². The normalized spacial score (nSPS) is 10.9. The number of hydrogen-bond acceptors (Lipinski definition) is 4. The van der Waals surface area contributed by atoms with Crippen LogP contribution in [0.25, 0.3) is 5.82 Å². The van der Waals surface area contributed by atoms with Crippen LogP contribution in [0.5, 0.6) is 0 Å². The molecule has 0 aliphatic carbocycles. The van der Waals surface area contributed by atoms with E-state index >= 15 is 0 Å². The summed E-state index contributed by atoms with van der Waals surface area (Å²) >= 11 is 0. The molecule has 6 heteroatoms. The molecule has 0 atom stereocenters. The highest BCUT2D eigenvalue weighted by atomic mass is 15.3. The first-order valence-corrected chi connectivity index (χ1v) is 8.56. The summed E-state index contributed by atoms with van der Waals surface area (Å²) in [6.45, 7) is 2.33. The van der Waals surface area contributed by atoms with E-state index in [2.05, 4.69) is 44.8 Å². The molecule has 6 nitrogen and oxygen atoms in total. The van der Waals surface area contributed by atoms with Crippen molar-refractivity contribution in [3.63, 3.8) is 0 Å². The van der Waals surface area contributed by atoms with E-state index in [1.54, 1.807) is 12.5 Å². The van der Waals surface area contributed by atoms with Gasteiger partial charge in [0.2, 0.25) is 0 Å². The maximum atomic E-state index is 4.46. The first kappa shape index (κ1) is 16.2. The molecule has 4 aromatic rings. The Morgan fingerprint density at radius 2 is 1.77 bits per heavy atom. The summed E-state index contributed by atoms with van der Waals surface area (Å²) in [5.74, 6) is 0.869. The minimum absolute atomic E-state index is 0.765. The lowest BCUT2D eigenvalue weighted by molar-refractivity contribution is 0.676. The summed E-state index contributed by atoms with van der Waals surface area (Å²) in [4.78, 5) is 8.50. The van der Waals surface area contributed by atoms with E-state index in [1.165, 1.54) is 11.1 Å². The topological polar surface area (TPSA) is 60.6 Å². The van der Waals surface area contributed by atoms with Crippen LogP contribution < -0.4 is 5.32 Å². The monoisotopic (exact) mass is 344 g/mol. The van der Waals surface area contributed by atoms with Crippen LogP contribution in [-0.4, -0.2) is 24.3 Å². The Kier molecular flexibility index (Phi) is 4.84. The number of aromatic nitrogens is 5. The molecule has 1 N–H and O–H groups in total. The van der Waals surface area contributed by atoms with Crippen LogP contribution in [0.1, 0.15) is 16.7 Å². The summed E-state index contributed by atoms with van der Waals surface area (Å²) in [5.41, 5.74) is 3.56. The molecular weight excluding hydrogens is 324 g/mol. The Morgan fingerprint density at radius 3 is 2.54 bits per heavy atom. The predicted molar refractivity (Wildman–Crippen MR) is 99.7 cm³/mol. The lowest BCUT2D eigenvalue weighted by Gasteiger charge is -2.05. The zero-order valence-corrected chi connectivity index (χ0v) is 14.4. The third-order valence-electron chi connectivity index (χ3n) is 4.11. The molecule has 0 radical (unpaired) electrons. The van der Waals surface area contributed by atoms with Gasteiger partial charge in [0.15, 0.2) is 0 Å². The van der Waals surface area contributed by atoms with Crippen molar-refractivity contribution in [3.8, 4) is 5.82 Å². The zero-order chi connectivity index (χ0) is 17.6. The van der Waals surface area contributed by atoms with Crippen LogP contribution >= 0.6 is 0 Å². The Labute approximate surface area is 152 Å². The molecule has 0 amide bonds. The van der Waals surface area contributed by atoms with Gasteiger partial charge in [-0.2, -0.15) is 5.10 Å². The Bertz CT molecular complexity index is 926. The van der Waals surface area contributed by atoms with Gasteiger partial charge in [0.25, 0.3) is 0 Å². The Hall–Kier alpha value is -3.25. The van der Waals surface area contributed by atoms with Gasteiger partial charge in [0.1, 0.15) is 12.1 Å². The molecule has 0 aliphatic heterocycles. The van der Waals surface area contributed by atoms with E-state index in [0.717, 1.165) is 31.0 Å². The van der Waals surface area contributed by atoms with Gasteiger partial charge >= 0.3 is 0 Å². The summed E-state index contributed by atoms with van der Waals surface area (Å²) < 4.78 is 3.85. The molecule has 130 valence electrons. The predicted octanol–water partition coefficient (Wildman–Crippen LogP) is 2.80. The third kappa shape index (κ3) is 4.04. The summed E-state index contributed by atoms with van der Waals surface area (Å²) in [6.07, 6.45) is 11.3. The van der Waals surface area contributed by atoms with Crippen LogP contribution in [0.4, 0.5) is 0 Å². The van der Waals surface area contributed by atoms with Crippen LogP contribution in [0, 0.1) is 0 Å². The van der Waals surface area contributed by atoms with E-state index in [-0.39, 0.29) is 0 Å². The SMILES string of the molecule is c1ccc(Cn2cc(CNCc3ccc(-n4ccnc4)nc3)cn2)cc1. The van der Waals surface area contributed by atoms with E-state index in [4.69, 9.17) is 0 Å². The fourth-order valence-corrected chi connectivity index (χ4v) is 2.77. The lowest BCUT2D eigenvalue weighted by Crippen LogP contribution is -2.12. The average molecular weight is 344 g/mol. The molecule has 3 heterocycles. The highest BCUT2D eigenvalue weighted by Crippen LogP contribution is 2.07. The summed E-state index contributed by atoms with van der Waals surface area (Å²) in [5, 5.41) is 7.87. The highest BCUT2D eigenvalue weighted by molar-refractivity contribution is 5.25. The quantitative estimate of drug-likeness (QED) is 0.560. The number of imidazole rings is 1. The average Bonchev–Trinajstić information content (AvgIpc) is 3.36. The van der Waals surface area contributed by atoms with Crippen LogP contribution in [0.2, 0.25) is 0 Å². The Morgan fingerprint density at radius 1 is 0.885 bits per heavy atom. The molecule has 0 saturated carbocycles. The van der Waals surface area contributed by atoms with Crippen molar-refractivity contribution >= 4 is 0 Å². The molecule has 26 heavy (non-hydrogen) atoms. The maximum absolute atomic E-state index is 4.46. The number of hydrogen-bond donors (Lipinski definition) is 1. The van der Waals surface area contributed by atoms with Gasteiger partial charge in [-0.15, -0.1) is 0 Å². The molecular formula is C20H20N6. The van der Waals surface area contributed by atoms with Gasteiger partial charge in [-0.1, -0.05) is 36.4 Å². The number of pyridine rings is 1. The molecule has 0 bridgehead atoms. The van der Waals surface area contributed by atoms with Crippen LogP contribution in [-0.2, 0) is 19.6 Å². The molecule has 0 unspecified atom stereocenters. The molecule has 3 aromatic heterocycles. The minimum atomic E-state index is 0.765. The van der Waals surface area contributed by atoms with Gasteiger partial charge in [-0.25, -0.2) is 9.97 Å². The van der Waals surface area contributed by atoms with Crippen molar-refractivity contribution in [1.29, 1.82) is 0 Å². The zero-order valence-electron chi connectivity index (χ0n) is 14.4. The lowest BCUT2D eigenvalue weighted by atomic mass is 10.2. The van der Waals surface area contributed by atoms with E-state index < -0.39 is 0 Å². The van der Waals surface area contributed by atoms with Crippen molar-refractivity contribution in [2.75, 3.05) is 0 Å². The summed E-state index contributed by atoms with van der Waals surface area (Å²) in [7, 11) is 0. The van der Waals surface area contributed by atoms with Gasteiger partial charge in [0.05, 0.1) is 12.7 Å². The summed E-state index contributed by atoms with van der Waals surface area (Å²) in [6, 6.07) is 14.4. The first-order valence-electron chi connectivity index (χ1n) is 8.56.